The first-order valence-electron chi connectivity index (χ1n) is 7.08. The number of hydrogen-bond acceptors (Lipinski definition) is 5. The van der Waals surface area contributed by atoms with Gasteiger partial charge in [0, 0.05) is 18.9 Å². The summed E-state index contributed by atoms with van der Waals surface area (Å²) in [6.45, 7) is 1.93. The van der Waals surface area contributed by atoms with Crippen LogP contribution in [0, 0.1) is 0 Å². The molecule has 0 spiro atoms. The number of nitrogens with two attached hydrogens (primary N) is 1. The van der Waals surface area contributed by atoms with Crippen molar-refractivity contribution in [3.8, 4) is 0 Å². The first kappa shape index (κ1) is 15.3. The van der Waals surface area contributed by atoms with Crippen molar-refractivity contribution in [3.05, 3.63) is 59.1 Å². The van der Waals surface area contributed by atoms with Gasteiger partial charge in [-0.1, -0.05) is 18.2 Å². The summed E-state index contributed by atoms with van der Waals surface area (Å²) in [6, 6.07) is 13.0. The Bertz CT molecular complexity index is 797. The average Bonchev–Trinajstić information content (AvgIpc) is 2.84. The Hall–Kier alpha value is -2.60. The number of amides is 1. The summed E-state index contributed by atoms with van der Waals surface area (Å²) < 4.78 is 0. The topological polar surface area (TPSA) is 71.6 Å². The number of anilines is 1. The lowest BCUT2D eigenvalue weighted by atomic mass is 10.1. The third-order valence-electron chi connectivity index (χ3n) is 3.52. The molecule has 3 rings (SSSR count). The molecule has 23 heavy (non-hydrogen) atoms. The lowest BCUT2D eigenvalue weighted by molar-refractivity contribution is -0.121. The highest BCUT2D eigenvalue weighted by molar-refractivity contribution is 8.18. The lowest BCUT2D eigenvalue weighted by Crippen LogP contribution is -2.24. The van der Waals surface area contributed by atoms with E-state index in [0.717, 1.165) is 11.1 Å². The number of nitrogens with zero attached hydrogens (tertiary/aromatic N) is 3. The molecule has 0 atom stereocenters. The molecular formula is C17H16N4OS. The zero-order valence-electron chi connectivity index (χ0n) is 12.9. The van der Waals surface area contributed by atoms with Crippen LogP contribution in [0.25, 0.3) is 5.57 Å². The van der Waals surface area contributed by atoms with Gasteiger partial charge >= 0.3 is 0 Å². The normalized spacial score (nSPS) is 18.6. The quantitative estimate of drug-likeness (QED) is 0.679. The van der Waals surface area contributed by atoms with E-state index in [4.69, 9.17) is 5.73 Å². The van der Waals surface area contributed by atoms with Crippen LogP contribution in [-0.2, 0) is 4.79 Å². The highest BCUT2D eigenvalue weighted by atomic mass is 32.2. The highest BCUT2D eigenvalue weighted by Crippen LogP contribution is 2.36. The minimum absolute atomic E-state index is 0.0565. The largest absolute Gasteiger partial charge is 0.399 e. The van der Waals surface area contributed by atoms with Gasteiger partial charge in [0.2, 0.25) is 0 Å². The van der Waals surface area contributed by atoms with Crippen molar-refractivity contribution in [1.29, 1.82) is 0 Å². The number of carbonyl (C=O) groups excluding carboxylic acids is 1. The Labute approximate surface area is 138 Å². The maximum Gasteiger partial charge on any atom is 0.266 e. The number of carbonyl (C=O) groups is 1. The van der Waals surface area contributed by atoms with Gasteiger partial charge in [0.1, 0.15) is 0 Å². The minimum Gasteiger partial charge on any atom is -0.399 e. The molecule has 1 amide bonds. The molecule has 5 nitrogen and oxygen atoms in total. The van der Waals surface area contributed by atoms with Gasteiger partial charge in [0.25, 0.3) is 5.91 Å². The van der Waals surface area contributed by atoms with Crippen molar-refractivity contribution in [3.63, 3.8) is 0 Å². The van der Waals surface area contributed by atoms with Crippen LogP contribution in [0.4, 0.5) is 11.5 Å². The molecular weight excluding hydrogens is 308 g/mol. The summed E-state index contributed by atoms with van der Waals surface area (Å²) in [5, 5.41) is 0.624. The summed E-state index contributed by atoms with van der Waals surface area (Å²) in [7, 11) is 1.72. The summed E-state index contributed by atoms with van der Waals surface area (Å²) >= 11 is 1.36. The molecule has 0 aliphatic carbocycles. The SMILES string of the molecule is C/C(=C1/S/C(=N/c2ccccn2)N(C)C1=O)c1ccc(N)cc1. The van der Waals surface area contributed by atoms with Gasteiger partial charge in [0.15, 0.2) is 11.0 Å². The maximum atomic E-state index is 12.5. The number of hydrogen-bond donors (Lipinski definition) is 1. The minimum atomic E-state index is -0.0565. The number of allylic oxidation sites excluding steroid dienone is 1. The molecule has 1 aromatic carbocycles. The van der Waals surface area contributed by atoms with E-state index in [0.29, 0.717) is 21.6 Å². The van der Waals surface area contributed by atoms with Crippen LogP contribution in [-0.4, -0.2) is 28.0 Å². The molecule has 1 fully saturated rings. The molecule has 116 valence electrons. The van der Waals surface area contributed by atoms with Crippen molar-refractivity contribution in [1.82, 2.24) is 9.88 Å². The number of likely N-dealkylation sites (N-methyl/N-ethyl adjacent to an activating group) is 1. The van der Waals surface area contributed by atoms with Gasteiger partial charge < -0.3 is 5.73 Å². The van der Waals surface area contributed by atoms with Gasteiger partial charge in [-0.2, -0.15) is 0 Å². The number of amidine groups is 1. The molecule has 2 heterocycles. The summed E-state index contributed by atoms with van der Waals surface area (Å²) in [4.78, 5) is 23.4. The van der Waals surface area contributed by atoms with Gasteiger partial charge in [0.05, 0.1) is 4.91 Å². The fourth-order valence-electron chi connectivity index (χ4n) is 2.16. The Morgan fingerprint density at radius 1 is 1.22 bits per heavy atom. The van der Waals surface area contributed by atoms with E-state index in [9.17, 15) is 4.79 Å². The summed E-state index contributed by atoms with van der Waals surface area (Å²) in [6.07, 6.45) is 1.68. The van der Waals surface area contributed by atoms with E-state index in [-0.39, 0.29) is 5.91 Å². The van der Waals surface area contributed by atoms with Gasteiger partial charge in [-0.25, -0.2) is 9.98 Å². The molecule has 1 aromatic heterocycles. The molecule has 6 heteroatoms. The number of benzene rings is 1. The zero-order valence-corrected chi connectivity index (χ0v) is 13.7. The van der Waals surface area contributed by atoms with Crippen LogP contribution >= 0.6 is 11.8 Å². The smallest absolute Gasteiger partial charge is 0.266 e. The molecule has 0 unspecified atom stereocenters. The van der Waals surface area contributed by atoms with Crippen LogP contribution < -0.4 is 5.73 Å². The first-order valence-corrected chi connectivity index (χ1v) is 7.90. The molecule has 2 N–H and O–H groups in total. The van der Waals surface area contributed by atoms with Crippen molar-refractivity contribution in [2.24, 2.45) is 4.99 Å². The second-order valence-electron chi connectivity index (χ2n) is 5.12. The fraction of sp³-hybridized carbons (Fsp3) is 0.118. The van der Waals surface area contributed by atoms with Crippen LogP contribution in [0.2, 0.25) is 0 Å². The Morgan fingerprint density at radius 3 is 2.61 bits per heavy atom. The highest BCUT2D eigenvalue weighted by Gasteiger charge is 2.32. The molecule has 1 aliphatic heterocycles. The molecule has 0 bridgehead atoms. The third-order valence-corrected chi connectivity index (χ3v) is 4.76. The monoisotopic (exact) mass is 324 g/mol. The summed E-state index contributed by atoms with van der Waals surface area (Å²) in [5.74, 6) is 0.528. The average molecular weight is 324 g/mol. The molecule has 0 radical (unpaired) electrons. The molecule has 0 saturated carbocycles. The van der Waals surface area contributed by atoms with Crippen LogP contribution in [0.3, 0.4) is 0 Å². The number of pyridine rings is 1. The zero-order chi connectivity index (χ0) is 16.4. The Morgan fingerprint density at radius 2 is 1.96 bits per heavy atom. The van der Waals surface area contributed by atoms with E-state index in [1.165, 1.54) is 11.8 Å². The van der Waals surface area contributed by atoms with Crippen molar-refractivity contribution in [2.45, 2.75) is 6.92 Å². The Kier molecular flexibility index (Phi) is 4.16. The van der Waals surface area contributed by atoms with Crippen molar-refractivity contribution in [2.75, 3.05) is 12.8 Å². The number of aliphatic imine (C=N–C) groups is 1. The predicted molar refractivity (Wildman–Crippen MR) is 95.1 cm³/mol. The third kappa shape index (κ3) is 3.12. The standard InChI is InChI=1S/C17H16N4OS/c1-11(12-6-8-13(18)9-7-12)15-16(22)21(2)17(23-15)20-14-5-3-4-10-19-14/h3-10H,18H2,1-2H3/b15-11-,20-17+. The van der Waals surface area contributed by atoms with Gasteiger partial charge in [-0.15, -0.1) is 0 Å². The second kappa shape index (κ2) is 6.26. The van der Waals surface area contributed by atoms with Gasteiger partial charge in [-0.05, 0) is 54.1 Å². The van der Waals surface area contributed by atoms with Gasteiger partial charge in [-0.3, -0.25) is 9.69 Å². The van der Waals surface area contributed by atoms with Crippen LogP contribution in [0.15, 0.2) is 58.6 Å². The van der Waals surface area contributed by atoms with E-state index < -0.39 is 0 Å². The molecule has 1 aliphatic rings. The summed E-state index contributed by atoms with van der Waals surface area (Å²) in [5.41, 5.74) is 8.31. The lowest BCUT2D eigenvalue weighted by Gasteiger charge is -2.07. The maximum absolute atomic E-state index is 12.5. The number of rotatable bonds is 2. The van der Waals surface area contributed by atoms with Crippen LogP contribution in [0.1, 0.15) is 12.5 Å². The van der Waals surface area contributed by atoms with E-state index >= 15 is 0 Å². The van der Waals surface area contributed by atoms with Crippen molar-refractivity contribution < 1.29 is 4.79 Å². The second-order valence-corrected chi connectivity index (χ2v) is 6.10. The van der Waals surface area contributed by atoms with E-state index in [2.05, 4.69) is 9.98 Å². The number of thioether (sulfide) groups is 1. The predicted octanol–water partition coefficient (Wildman–Crippen LogP) is 3.29. The fourth-order valence-corrected chi connectivity index (χ4v) is 3.20. The van der Waals surface area contributed by atoms with Crippen molar-refractivity contribution >= 4 is 39.9 Å². The number of aromatic nitrogens is 1. The first-order chi connectivity index (χ1) is 11.1. The van der Waals surface area contributed by atoms with Crippen LogP contribution in [0.5, 0.6) is 0 Å². The molecule has 1 saturated heterocycles. The van der Waals surface area contributed by atoms with E-state index in [1.807, 2.05) is 43.3 Å². The number of nitrogen functional groups attached to an aromatic ring is 1. The molecule has 2 aromatic rings. The van der Waals surface area contributed by atoms with E-state index in [1.54, 1.807) is 24.2 Å². The Balaban J connectivity index is 1.96.